The van der Waals surface area contributed by atoms with Crippen LogP contribution in [0.2, 0.25) is 5.02 Å². The third-order valence-corrected chi connectivity index (χ3v) is 5.55. The van der Waals surface area contributed by atoms with Crippen LogP contribution in [0, 0.1) is 5.92 Å². The van der Waals surface area contributed by atoms with Crippen LogP contribution in [0.3, 0.4) is 0 Å². The van der Waals surface area contributed by atoms with E-state index in [0.29, 0.717) is 44.2 Å². The molecule has 0 aliphatic carbocycles. The van der Waals surface area contributed by atoms with Crippen molar-refractivity contribution in [1.29, 1.82) is 0 Å². The highest BCUT2D eigenvalue weighted by Crippen LogP contribution is 2.32. The Hall–Kier alpha value is -1.14. The van der Waals surface area contributed by atoms with Crippen LogP contribution >= 0.6 is 11.6 Å². The molecule has 2 aliphatic rings. The predicted molar refractivity (Wildman–Crippen MR) is 92.7 cm³/mol. The van der Waals surface area contributed by atoms with Crippen LogP contribution in [0.1, 0.15) is 37.4 Å². The molecule has 2 aliphatic heterocycles. The fraction of sp³-hybridized carbons (Fsp3) is 0.611. The van der Waals surface area contributed by atoms with Gasteiger partial charge < -0.3 is 20.5 Å². The van der Waals surface area contributed by atoms with E-state index in [1.165, 1.54) is 0 Å². The summed E-state index contributed by atoms with van der Waals surface area (Å²) in [4.78, 5) is 14.6. The number of aliphatic hydroxyl groups is 1. The number of ether oxygens (including phenoxy) is 1. The number of hydrogen-bond acceptors (Lipinski definition) is 4. The second kappa shape index (κ2) is 7.40. The van der Waals surface area contributed by atoms with Crippen LogP contribution < -0.4 is 5.73 Å². The van der Waals surface area contributed by atoms with Gasteiger partial charge in [-0.2, -0.15) is 0 Å². The molecule has 2 saturated heterocycles. The van der Waals surface area contributed by atoms with Crippen LogP contribution in [-0.4, -0.2) is 47.8 Å². The molecule has 132 valence electrons. The van der Waals surface area contributed by atoms with E-state index in [1.54, 1.807) is 12.1 Å². The predicted octanol–water partition coefficient (Wildman–Crippen LogP) is 2.12. The molecule has 0 radical (unpaired) electrons. The second-order valence-electron chi connectivity index (χ2n) is 6.89. The number of likely N-dealkylation sites (tertiary alicyclic amines) is 1. The van der Waals surface area contributed by atoms with E-state index < -0.39 is 11.6 Å². The van der Waals surface area contributed by atoms with Crippen molar-refractivity contribution in [3.8, 4) is 0 Å². The Labute approximate surface area is 147 Å². The van der Waals surface area contributed by atoms with Gasteiger partial charge >= 0.3 is 0 Å². The Morgan fingerprint density at radius 1 is 1.25 bits per heavy atom. The van der Waals surface area contributed by atoms with Gasteiger partial charge in [0.1, 0.15) is 0 Å². The van der Waals surface area contributed by atoms with Crippen molar-refractivity contribution in [2.24, 2.45) is 11.7 Å². The van der Waals surface area contributed by atoms with Gasteiger partial charge in [0.25, 0.3) is 0 Å². The zero-order valence-corrected chi connectivity index (χ0v) is 14.5. The highest BCUT2D eigenvalue weighted by molar-refractivity contribution is 6.30. The minimum absolute atomic E-state index is 0.0326. The first-order chi connectivity index (χ1) is 11.5. The van der Waals surface area contributed by atoms with Gasteiger partial charge in [-0.05, 0) is 49.3 Å². The van der Waals surface area contributed by atoms with Crippen molar-refractivity contribution in [3.05, 3.63) is 34.9 Å². The van der Waals surface area contributed by atoms with Gasteiger partial charge in [0.05, 0.1) is 11.6 Å². The molecule has 24 heavy (non-hydrogen) atoms. The topological polar surface area (TPSA) is 75.8 Å². The molecule has 3 rings (SSSR count). The first-order valence-corrected chi connectivity index (χ1v) is 8.97. The summed E-state index contributed by atoms with van der Waals surface area (Å²) in [5.41, 5.74) is 6.40. The summed E-state index contributed by atoms with van der Waals surface area (Å²) in [6, 6.07) is 7.31. The zero-order chi connectivity index (χ0) is 17.2. The molecular formula is C18H25ClN2O3. The quantitative estimate of drug-likeness (QED) is 0.873. The third kappa shape index (κ3) is 3.75. The molecule has 0 bridgehead atoms. The van der Waals surface area contributed by atoms with Crippen LogP contribution in [-0.2, 0) is 9.53 Å². The molecule has 1 aromatic rings. The summed E-state index contributed by atoms with van der Waals surface area (Å²) in [6.07, 6.45) is 2.21. The lowest BCUT2D eigenvalue weighted by molar-refractivity contribution is -0.142. The monoisotopic (exact) mass is 352 g/mol. The maximum Gasteiger partial charge on any atom is 0.242 e. The molecule has 5 nitrogen and oxygen atoms in total. The molecule has 1 aromatic carbocycles. The van der Waals surface area contributed by atoms with Gasteiger partial charge in [0.15, 0.2) is 0 Å². The summed E-state index contributed by atoms with van der Waals surface area (Å²) in [5.74, 6) is 0.184. The van der Waals surface area contributed by atoms with E-state index in [9.17, 15) is 9.90 Å². The van der Waals surface area contributed by atoms with Gasteiger partial charge in [-0.25, -0.2) is 0 Å². The molecule has 0 aromatic heterocycles. The van der Waals surface area contributed by atoms with E-state index in [2.05, 4.69) is 0 Å². The largest absolute Gasteiger partial charge is 0.388 e. The Bertz CT molecular complexity index is 564. The molecule has 2 fully saturated rings. The molecule has 1 unspecified atom stereocenters. The van der Waals surface area contributed by atoms with Crippen molar-refractivity contribution in [3.63, 3.8) is 0 Å². The van der Waals surface area contributed by atoms with E-state index in [1.807, 2.05) is 17.0 Å². The Morgan fingerprint density at radius 2 is 1.83 bits per heavy atom. The Morgan fingerprint density at radius 3 is 2.42 bits per heavy atom. The molecule has 6 heteroatoms. The summed E-state index contributed by atoms with van der Waals surface area (Å²) >= 11 is 5.90. The molecule has 1 amide bonds. The number of carbonyl (C=O) groups is 1. The lowest BCUT2D eigenvalue weighted by Crippen LogP contribution is -2.59. The fourth-order valence-corrected chi connectivity index (χ4v) is 3.74. The average molecular weight is 353 g/mol. The molecule has 2 heterocycles. The van der Waals surface area contributed by atoms with Gasteiger partial charge in [-0.1, -0.05) is 23.7 Å². The summed E-state index contributed by atoms with van der Waals surface area (Å²) < 4.78 is 5.32. The number of benzene rings is 1. The zero-order valence-electron chi connectivity index (χ0n) is 13.8. The number of carbonyl (C=O) groups excluding carboxylic acids is 1. The van der Waals surface area contributed by atoms with Crippen molar-refractivity contribution in [2.75, 3.05) is 26.3 Å². The number of hydrogen-bond donors (Lipinski definition) is 2. The molecule has 1 atom stereocenters. The van der Waals surface area contributed by atoms with Gasteiger partial charge in [-0.15, -0.1) is 0 Å². The molecule has 0 saturated carbocycles. The molecule has 3 N–H and O–H groups in total. The maximum absolute atomic E-state index is 12.7. The summed E-state index contributed by atoms with van der Waals surface area (Å²) in [6.45, 7) is 2.39. The highest BCUT2D eigenvalue weighted by Gasteiger charge is 2.40. The number of piperidine rings is 1. The highest BCUT2D eigenvalue weighted by atomic mass is 35.5. The number of amides is 1. The molecular weight excluding hydrogens is 328 g/mol. The van der Waals surface area contributed by atoms with Gasteiger partial charge in [-0.3, -0.25) is 4.79 Å². The maximum atomic E-state index is 12.7. The number of rotatable bonds is 3. The van der Waals surface area contributed by atoms with E-state index >= 15 is 0 Å². The van der Waals surface area contributed by atoms with Crippen molar-refractivity contribution >= 4 is 17.5 Å². The SMILES string of the molecule is NC1(C(=O)N2CCC(C(O)c3ccc(Cl)cc3)CC2)CCOCC1. The number of halogens is 1. The van der Waals surface area contributed by atoms with Crippen molar-refractivity contribution in [2.45, 2.75) is 37.3 Å². The number of aliphatic hydroxyl groups excluding tert-OH is 1. The van der Waals surface area contributed by atoms with E-state index in [-0.39, 0.29) is 11.8 Å². The first-order valence-electron chi connectivity index (χ1n) is 8.59. The molecule has 0 spiro atoms. The fourth-order valence-electron chi connectivity index (χ4n) is 3.61. The van der Waals surface area contributed by atoms with E-state index in [4.69, 9.17) is 22.1 Å². The number of nitrogens with two attached hydrogens (primary N) is 1. The summed E-state index contributed by atoms with van der Waals surface area (Å²) in [7, 11) is 0. The second-order valence-corrected chi connectivity index (χ2v) is 7.33. The van der Waals surface area contributed by atoms with Gasteiger partial charge in [0.2, 0.25) is 5.91 Å². The minimum atomic E-state index is -0.778. The van der Waals surface area contributed by atoms with Crippen LogP contribution in [0.4, 0.5) is 0 Å². The standard InChI is InChI=1S/C18H25ClN2O3/c19-15-3-1-13(2-4-15)16(22)14-5-9-21(10-6-14)17(23)18(20)7-11-24-12-8-18/h1-4,14,16,22H,5-12,20H2. The van der Waals surface area contributed by atoms with Crippen LogP contribution in [0.5, 0.6) is 0 Å². The van der Waals surface area contributed by atoms with Crippen molar-refractivity contribution in [1.82, 2.24) is 4.90 Å². The lowest BCUT2D eigenvalue weighted by atomic mass is 9.85. The normalized spacial score (nSPS) is 23.0. The number of nitrogens with zero attached hydrogens (tertiary/aromatic N) is 1. The van der Waals surface area contributed by atoms with Crippen LogP contribution in [0.15, 0.2) is 24.3 Å². The minimum Gasteiger partial charge on any atom is -0.388 e. The van der Waals surface area contributed by atoms with Crippen LogP contribution in [0.25, 0.3) is 0 Å². The Kier molecular flexibility index (Phi) is 5.45. The third-order valence-electron chi connectivity index (χ3n) is 5.30. The van der Waals surface area contributed by atoms with Gasteiger partial charge in [0, 0.05) is 31.3 Å². The smallest absolute Gasteiger partial charge is 0.242 e. The average Bonchev–Trinajstić information content (AvgIpc) is 2.62. The van der Waals surface area contributed by atoms with E-state index in [0.717, 1.165) is 18.4 Å². The van der Waals surface area contributed by atoms with Crippen molar-refractivity contribution < 1.29 is 14.6 Å². The first kappa shape index (κ1) is 17.7. The summed E-state index contributed by atoms with van der Waals surface area (Å²) in [5, 5.41) is 11.2. The Balaban J connectivity index is 1.57. The lowest BCUT2D eigenvalue weighted by Gasteiger charge is -2.40.